The summed E-state index contributed by atoms with van der Waals surface area (Å²) in [5, 5.41) is 3.31. The zero-order valence-corrected chi connectivity index (χ0v) is 12.9. The topological polar surface area (TPSA) is 63.2 Å². The van der Waals surface area contributed by atoms with Crippen LogP contribution in [0.1, 0.15) is 26.2 Å². The van der Waals surface area contributed by atoms with E-state index in [1.807, 2.05) is 6.92 Å². The number of hydrogen-bond acceptors (Lipinski definition) is 4. The smallest absolute Gasteiger partial charge is 0.310 e. The molecule has 6 nitrogen and oxygen atoms in total. The van der Waals surface area contributed by atoms with Crippen molar-refractivity contribution in [2.24, 2.45) is 10.9 Å². The van der Waals surface area contributed by atoms with Crippen LogP contribution in [0.2, 0.25) is 0 Å². The molecule has 1 atom stereocenters. The van der Waals surface area contributed by atoms with E-state index in [0.717, 1.165) is 44.9 Å². The van der Waals surface area contributed by atoms with E-state index in [1.54, 1.807) is 14.2 Å². The second kappa shape index (κ2) is 9.58. The zero-order chi connectivity index (χ0) is 14.8. The summed E-state index contributed by atoms with van der Waals surface area (Å²) in [6.07, 6.45) is 2.82. The zero-order valence-electron chi connectivity index (χ0n) is 12.9. The molecule has 0 radical (unpaired) electrons. The van der Waals surface area contributed by atoms with Crippen LogP contribution in [0.3, 0.4) is 0 Å². The van der Waals surface area contributed by atoms with Gasteiger partial charge in [-0.05, 0) is 26.2 Å². The van der Waals surface area contributed by atoms with Crippen molar-refractivity contribution in [2.75, 3.05) is 47.0 Å². The van der Waals surface area contributed by atoms with E-state index in [1.165, 1.54) is 0 Å². The first-order valence-electron chi connectivity index (χ1n) is 7.34. The average Bonchev–Trinajstić information content (AvgIpc) is 2.48. The molecule has 1 aliphatic rings. The summed E-state index contributed by atoms with van der Waals surface area (Å²) in [6.45, 7) is 5.45. The number of rotatable bonds is 6. The van der Waals surface area contributed by atoms with E-state index in [4.69, 9.17) is 9.47 Å². The predicted molar refractivity (Wildman–Crippen MR) is 78.8 cm³/mol. The maximum Gasteiger partial charge on any atom is 0.310 e. The minimum Gasteiger partial charge on any atom is -0.466 e. The van der Waals surface area contributed by atoms with Gasteiger partial charge in [-0.15, -0.1) is 0 Å². The van der Waals surface area contributed by atoms with Crippen molar-refractivity contribution in [3.63, 3.8) is 0 Å². The second-order valence-corrected chi connectivity index (χ2v) is 4.86. The summed E-state index contributed by atoms with van der Waals surface area (Å²) < 4.78 is 10.1. The van der Waals surface area contributed by atoms with Crippen molar-refractivity contribution in [3.8, 4) is 0 Å². The molecule has 0 aromatic heterocycles. The molecule has 0 aliphatic carbocycles. The number of carbonyl (C=O) groups excluding carboxylic acids is 1. The van der Waals surface area contributed by atoms with Crippen molar-refractivity contribution in [3.05, 3.63) is 0 Å². The van der Waals surface area contributed by atoms with Crippen LogP contribution in [0.25, 0.3) is 0 Å². The Morgan fingerprint density at radius 1 is 1.50 bits per heavy atom. The third kappa shape index (κ3) is 5.36. The monoisotopic (exact) mass is 285 g/mol. The third-order valence-electron chi connectivity index (χ3n) is 3.36. The minimum atomic E-state index is -0.0907. The van der Waals surface area contributed by atoms with Crippen LogP contribution in [-0.4, -0.2) is 63.8 Å². The fraction of sp³-hybridized carbons (Fsp3) is 0.857. The Morgan fingerprint density at radius 3 is 2.95 bits per heavy atom. The van der Waals surface area contributed by atoms with Crippen molar-refractivity contribution < 1.29 is 14.3 Å². The molecule has 0 aromatic carbocycles. The number of esters is 1. The Kier molecular flexibility index (Phi) is 8.02. The number of piperidine rings is 1. The first kappa shape index (κ1) is 16.8. The molecule has 0 amide bonds. The molecule has 1 fully saturated rings. The van der Waals surface area contributed by atoms with Gasteiger partial charge in [0.05, 0.1) is 12.5 Å². The summed E-state index contributed by atoms with van der Waals surface area (Å²) in [7, 11) is 3.47. The molecule has 1 heterocycles. The number of carbonyl (C=O) groups is 1. The quantitative estimate of drug-likeness (QED) is 0.340. The molecule has 0 spiro atoms. The number of likely N-dealkylation sites (tertiary alicyclic amines) is 1. The lowest BCUT2D eigenvalue weighted by atomic mass is 9.98. The number of methoxy groups -OCH3 is 1. The maximum atomic E-state index is 11.8. The fourth-order valence-electron chi connectivity index (χ4n) is 2.37. The molecule has 0 bridgehead atoms. The molecule has 1 rings (SSSR count). The van der Waals surface area contributed by atoms with E-state index in [9.17, 15) is 4.79 Å². The van der Waals surface area contributed by atoms with Crippen LogP contribution in [0.4, 0.5) is 0 Å². The molecular formula is C14H27N3O3. The van der Waals surface area contributed by atoms with Gasteiger partial charge in [0.1, 0.15) is 0 Å². The average molecular weight is 285 g/mol. The van der Waals surface area contributed by atoms with Gasteiger partial charge in [-0.3, -0.25) is 9.79 Å². The van der Waals surface area contributed by atoms with Crippen molar-refractivity contribution >= 4 is 11.9 Å². The molecule has 6 heteroatoms. The first-order chi connectivity index (χ1) is 9.72. The van der Waals surface area contributed by atoms with E-state index >= 15 is 0 Å². The Morgan fingerprint density at radius 2 is 2.30 bits per heavy atom. The van der Waals surface area contributed by atoms with Crippen molar-refractivity contribution in [2.45, 2.75) is 26.2 Å². The van der Waals surface area contributed by atoms with Crippen molar-refractivity contribution in [1.29, 1.82) is 0 Å². The maximum absolute atomic E-state index is 11.8. The Balaban J connectivity index is 2.45. The van der Waals surface area contributed by atoms with Crippen LogP contribution < -0.4 is 5.32 Å². The summed E-state index contributed by atoms with van der Waals surface area (Å²) in [5.41, 5.74) is 0. The van der Waals surface area contributed by atoms with Crippen LogP contribution in [-0.2, 0) is 14.3 Å². The number of guanidine groups is 1. The highest BCUT2D eigenvalue weighted by atomic mass is 16.5. The number of nitrogens with zero attached hydrogens (tertiary/aromatic N) is 2. The van der Waals surface area contributed by atoms with E-state index in [-0.39, 0.29) is 11.9 Å². The van der Waals surface area contributed by atoms with Crippen LogP contribution >= 0.6 is 0 Å². The fourth-order valence-corrected chi connectivity index (χ4v) is 2.37. The molecule has 1 saturated heterocycles. The number of nitrogens with one attached hydrogen (secondary N) is 1. The van der Waals surface area contributed by atoms with Gasteiger partial charge in [0.25, 0.3) is 0 Å². The Hall–Kier alpha value is -1.30. The number of hydrogen-bond donors (Lipinski definition) is 1. The standard InChI is InChI=1S/C14H27N3O3/c1-4-20-13(18)12-7-5-9-17(11-12)14(15-2)16-8-6-10-19-3/h12H,4-11H2,1-3H3,(H,15,16). The third-order valence-corrected chi connectivity index (χ3v) is 3.36. The van der Waals surface area contributed by atoms with Gasteiger partial charge >= 0.3 is 5.97 Å². The second-order valence-electron chi connectivity index (χ2n) is 4.86. The minimum absolute atomic E-state index is 0.0405. The summed E-state index contributed by atoms with van der Waals surface area (Å²) in [5.74, 6) is 0.725. The lowest BCUT2D eigenvalue weighted by Gasteiger charge is -2.33. The predicted octanol–water partition coefficient (Wildman–Crippen LogP) is 0.873. The molecular weight excluding hydrogens is 258 g/mol. The van der Waals surface area contributed by atoms with Gasteiger partial charge in [-0.25, -0.2) is 0 Å². The highest BCUT2D eigenvalue weighted by Crippen LogP contribution is 2.17. The lowest BCUT2D eigenvalue weighted by molar-refractivity contribution is -0.149. The molecule has 0 aromatic rings. The van der Waals surface area contributed by atoms with Gasteiger partial charge < -0.3 is 19.7 Å². The largest absolute Gasteiger partial charge is 0.466 e. The molecule has 20 heavy (non-hydrogen) atoms. The molecule has 0 saturated carbocycles. The summed E-state index contributed by atoms with van der Waals surface area (Å²) in [6, 6.07) is 0. The highest BCUT2D eigenvalue weighted by Gasteiger charge is 2.28. The van der Waals surface area contributed by atoms with Crippen LogP contribution in [0.15, 0.2) is 4.99 Å². The van der Waals surface area contributed by atoms with Crippen LogP contribution in [0.5, 0.6) is 0 Å². The summed E-state index contributed by atoms with van der Waals surface area (Å²) in [4.78, 5) is 18.3. The van der Waals surface area contributed by atoms with Crippen LogP contribution in [0, 0.1) is 5.92 Å². The molecule has 1 N–H and O–H groups in total. The van der Waals surface area contributed by atoms with Crippen molar-refractivity contribution in [1.82, 2.24) is 10.2 Å². The van der Waals surface area contributed by atoms with Gasteiger partial charge in [-0.2, -0.15) is 0 Å². The van der Waals surface area contributed by atoms with E-state index in [0.29, 0.717) is 13.2 Å². The highest BCUT2D eigenvalue weighted by molar-refractivity contribution is 5.81. The Bertz CT molecular complexity index is 321. The number of aliphatic imine (C=N–C) groups is 1. The van der Waals surface area contributed by atoms with E-state index < -0.39 is 0 Å². The van der Waals surface area contributed by atoms with Gasteiger partial charge in [0, 0.05) is 40.4 Å². The SMILES string of the molecule is CCOC(=O)C1CCCN(C(=NC)NCCCOC)C1. The van der Waals surface area contributed by atoms with E-state index in [2.05, 4.69) is 15.2 Å². The number of ether oxygens (including phenoxy) is 2. The summed E-state index contributed by atoms with van der Waals surface area (Å²) >= 11 is 0. The molecule has 116 valence electrons. The lowest BCUT2D eigenvalue weighted by Crippen LogP contribution is -2.48. The normalized spacial score (nSPS) is 19.9. The molecule has 1 aliphatic heterocycles. The first-order valence-corrected chi connectivity index (χ1v) is 7.34. The molecule has 1 unspecified atom stereocenters. The van der Waals surface area contributed by atoms with Gasteiger partial charge in [-0.1, -0.05) is 0 Å². The van der Waals surface area contributed by atoms with Gasteiger partial charge in [0.2, 0.25) is 0 Å². The van der Waals surface area contributed by atoms with Gasteiger partial charge in [0.15, 0.2) is 5.96 Å². The Labute approximate surface area is 121 Å².